The van der Waals surface area contributed by atoms with E-state index in [2.05, 4.69) is 18.7 Å². The number of amides is 1. The van der Waals surface area contributed by atoms with Crippen molar-refractivity contribution < 1.29 is 39.2 Å². The molecule has 0 spiro atoms. The van der Waals surface area contributed by atoms with E-state index >= 15 is 4.39 Å². The number of benzene rings is 1. The number of aliphatic hydroxyl groups is 3. The smallest absolute Gasteiger partial charge is 0.255 e. The summed E-state index contributed by atoms with van der Waals surface area (Å²) in [5.74, 6) is -8.13. The molecule has 0 aromatic heterocycles. The Kier molecular flexibility index (Phi) is 6.21. The minimum absolute atomic E-state index is 0.0487. The number of aliphatic hydroxyl groups excluding tert-OH is 2. The van der Waals surface area contributed by atoms with Gasteiger partial charge in [0.25, 0.3) is 5.91 Å². The maximum Gasteiger partial charge on any atom is 0.255 e. The highest BCUT2D eigenvalue weighted by Crippen LogP contribution is 2.53. The fourth-order valence-electron chi connectivity index (χ4n) is 7.12. The lowest BCUT2D eigenvalue weighted by molar-refractivity contribution is -0.153. The maximum absolute atomic E-state index is 16.0. The summed E-state index contributed by atoms with van der Waals surface area (Å²) in [6.07, 6.45) is 1.76. The first kappa shape index (κ1) is 27.3. The van der Waals surface area contributed by atoms with Gasteiger partial charge in [-0.1, -0.05) is 0 Å². The van der Waals surface area contributed by atoms with Gasteiger partial charge in [0.05, 0.1) is 11.6 Å². The number of hydrogen-bond acceptors (Lipinski definition) is 9. The minimum Gasteiger partial charge on any atom is -0.508 e. The molecule has 4 atom stereocenters. The molecule has 11 heteroatoms. The number of hydrogen-bond donors (Lipinski definition) is 5. The summed E-state index contributed by atoms with van der Waals surface area (Å²) in [5.41, 5.74) is 1.36. The van der Waals surface area contributed by atoms with Crippen molar-refractivity contribution in [2.24, 2.45) is 17.6 Å². The predicted octanol–water partition coefficient (Wildman–Crippen LogP) is 1.48. The van der Waals surface area contributed by atoms with Crippen LogP contribution in [0.4, 0.5) is 4.39 Å². The molecule has 3 aliphatic carbocycles. The Morgan fingerprint density at radius 1 is 1.23 bits per heavy atom. The summed E-state index contributed by atoms with van der Waals surface area (Å²) >= 11 is 0. The van der Waals surface area contributed by atoms with Crippen molar-refractivity contribution in [2.45, 2.75) is 63.3 Å². The van der Waals surface area contributed by atoms with Crippen LogP contribution >= 0.6 is 0 Å². The second-order valence-corrected chi connectivity index (χ2v) is 12.0. The molecule has 0 unspecified atom stereocenters. The highest BCUT2D eigenvalue weighted by atomic mass is 19.1. The van der Waals surface area contributed by atoms with E-state index < -0.39 is 69.6 Å². The Bertz CT molecular complexity index is 1380. The van der Waals surface area contributed by atoms with Gasteiger partial charge in [-0.15, -0.1) is 0 Å². The van der Waals surface area contributed by atoms with Crippen LogP contribution in [0.15, 0.2) is 23.0 Å². The van der Waals surface area contributed by atoms with Gasteiger partial charge in [-0.2, -0.15) is 0 Å². The molecule has 0 bridgehead atoms. The number of phenols is 1. The third-order valence-corrected chi connectivity index (χ3v) is 9.16. The molecule has 1 aliphatic heterocycles. The van der Waals surface area contributed by atoms with E-state index in [-0.39, 0.29) is 47.2 Å². The number of carbonyl (C=O) groups excluding carboxylic acids is 3. The largest absolute Gasteiger partial charge is 0.508 e. The number of ketones is 2. The lowest BCUT2D eigenvalue weighted by Crippen LogP contribution is -2.65. The predicted molar refractivity (Wildman–Crippen MR) is 138 cm³/mol. The SMILES string of the molecule is CN(C)[C@@H]1C(=O)C(C(N)=O)=C(O)[C@@]2(O)C(=O)C3=C(O)c4c(O)cc(CN5CCCC5(C)C)c(F)c4C[C@H]3C[C@@H]12. The standard InChI is InChI=1S/C28H34FN3O7/c1-27(2)6-5-7-32(27)11-13-10-16(33)18-14(20(13)29)8-12-9-15-21(31(3)4)23(35)19(26(30)38)25(37)28(15,39)24(36)17(12)22(18)34/h10,12,15,21,33-34,37,39H,5-9,11H2,1-4H3,(H2,30,38)/t12-,15-,21-,28-/m0/s1. The fourth-order valence-corrected chi connectivity index (χ4v) is 7.12. The van der Waals surface area contributed by atoms with E-state index in [1.165, 1.54) is 25.1 Å². The number of aromatic hydroxyl groups is 1. The van der Waals surface area contributed by atoms with Crippen LogP contribution in [0.1, 0.15) is 49.8 Å². The van der Waals surface area contributed by atoms with Crippen molar-refractivity contribution >= 4 is 23.2 Å². The van der Waals surface area contributed by atoms with E-state index in [1.807, 2.05) is 0 Å². The second kappa shape index (κ2) is 8.87. The maximum atomic E-state index is 16.0. The molecule has 1 aromatic carbocycles. The van der Waals surface area contributed by atoms with Crippen LogP contribution in [0.2, 0.25) is 0 Å². The van der Waals surface area contributed by atoms with Gasteiger partial charge < -0.3 is 26.2 Å². The number of carbonyl (C=O) groups is 3. The molecule has 5 rings (SSSR count). The van der Waals surface area contributed by atoms with Gasteiger partial charge >= 0.3 is 0 Å². The first-order chi connectivity index (χ1) is 18.1. The van der Waals surface area contributed by atoms with Gasteiger partial charge in [0.2, 0.25) is 5.78 Å². The molecular formula is C28H34FN3O7. The van der Waals surface area contributed by atoms with Crippen LogP contribution in [0, 0.1) is 17.7 Å². The van der Waals surface area contributed by atoms with Crippen molar-refractivity contribution in [3.63, 3.8) is 0 Å². The highest BCUT2D eigenvalue weighted by molar-refractivity contribution is 6.24. The molecule has 2 fully saturated rings. The zero-order chi connectivity index (χ0) is 28.8. The molecular weight excluding hydrogens is 509 g/mol. The zero-order valence-corrected chi connectivity index (χ0v) is 22.4. The van der Waals surface area contributed by atoms with Gasteiger partial charge in [-0.3, -0.25) is 24.2 Å². The molecule has 4 aliphatic rings. The van der Waals surface area contributed by atoms with Crippen molar-refractivity contribution in [1.29, 1.82) is 0 Å². The van der Waals surface area contributed by atoms with E-state index in [0.717, 1.165) is 19.4 Å². The van der Waals surface area contributed by atoms with Crippen molar-refractivity contribution in [1.82, 2.24) is 9.80 Å². The van der Waals surface area contributed by atoms with Gasteiger partial charge in [-0.25, -0.2) is 4.39 Å². The summed E-state index contributed by atoms with van der Waals surface area (Å²) in [6, 6.07) is 0.0541. The number of likely N-dealkylation sites (N-methyl/N-ethyl adjacent to an activating group) is 1. The van der Waals surface area contributed by atoms with Gasteiger partial charge in [0.15, 0.2) is 11.4 Å². The molecule has 39 heavy (non-hydrogen) atoms. The lowest BCUT2D eigenvalue weighted by Gasteiger charge is -2.50. The Balaban J connectivity index is 1.65. The van der Waals surface area contributed by atoms with Crippen LogP contribution in [0.3, 0.4) is 0 Å². The Labute approximate surface area is 225 Å². The number of primary amides is 1. The van der Waals surface area contributed by atoms with Gasteiger partial charge in [0, 0.05) is 34.7 Å². The summed E-state index contributed by atoms with van der Waals surface area (Å²) in [4.78, 5) is 42.6. The monoisotopic (exact) mass is 543 g/mol. The first-order valence-corrected chi connectivity index (χ1v) is 13.1. The van der Waals surface area contributed by atoms with Crippen LogP contribution in [-0.2, 0) is 27.3 Å². The summed E-state index contributed by atoms with van der Waals surface area (Å²) < 4.78 is 16.0. The molecule has 1 saturated carbocycles. The number of fused-ring (bicyclic) bond motifs is 3. The van der Waals surface area contributed by atoms with E-state index in [0.29, 0.717) is 0 Å². The molecule has 1 heterocycles. The van der Waals surface area contributed by atoms with Crippen LogP contribution < -0.4 is 5.73 Å². The van der Waals surface area contributed by atoms with Crippen molar-refractivity contribution in [2.75, 3.05) is 20.6 Å². The molecule has 0 radical (unpaired) electrons. The Morgan fingerprint density at radius 2 is 1.90 bits per heavy atom. The number of nitrogens with zero attached hydrogens (tertiary/aromatic N) is 2. The zero-order valence-electron chi connectivity index (χ0n) is 22.4. The molecule has 210 valence electrons. The Hall–Kier alpha value is -3.28. The third kappa shape index (κ3) is 3.74. The molecule has 6 N–H and O–H groups in total. The number of Topliss-reactive ketones (excluding diaryl/α,β-unsaturated/α-hetero) is 2. The van der Waals surface area contributed by atoms with Crippen molar-refractivity contribution in [3.05, 3.63) is 45.5 Å². The average Bonchev–Trinajstić information content (AvgIpc) is 3.16. The second-order valence-electron chi connectivity index (χ2n) is 12.0. The van der Waals surface area contributed by atoms with Crippen molar-refractivity contribution in [3.8, 4) is 5.75 Å². The number of nitrogens with two attached hydrogens (primary N) is 1. The normalized spacial score (nSPS) is 30.5. The Morgan fingerprint density at radius 3 is 2.46 bits per heavy atom. The number of rotatable bonds is 4. The van der Waals surface area contributed by atoms with Crippen LogP contribution in [0.5, 0.6) is 5.75 Å². The third-order valence-electron chi connectivity index (χ3n) is 9.16. The highest BCUT2D eigenvalue weighted by Gasteiger charge is 2.64. The van der Waals surface area contributed by atoms with Crippen LogP contribution in [-0.4, -0.2) is 85.5 Å². The van der Waals surface area contributed by atoms with E-state index in [4.69, 9.17) is 5.73 Å². The van der Waals surface area contributed by atoms with E-state index in [9.17, 15) is 34.8 Å². The first-order valence-electron chi connectivity index (χ1n) is 13.1. The lowest BCUT2D eigenvalue weighted by atomic mass is 9.57. The molecule has 10 nitrogen and oxygen atoms in total. The van der Waals surface area contributed by atoms with Crippen LogP contribution in [0.25, 0.3) is 5.76 Å². The fraction of sp³-hybridized carbons (Fsp3) is 0.536. The molecule has 1 amide bonds. The van der Waals surface area contributed by atoms with Gasteiger partial charge in [0.1, 0.15) is 28.7 Å². The molecule has 1 aromatic rings. The average molecular weight is 544 g/mol. The summed E-state index contributed by atoms with van der Waals surface area (Å²) in [7, 11) is 3.05. The quantitative estimate of drug-likeness (QED) is 0.354. The van der Waals surface area contributed by atoms with E-state index in [1.54, 1.807) is 0 Å². The molecule has 1 saturated heterocycles. The summed E-state index contributed by atoms with van der Waals surface area (Å²) in [6.45, 7) is 5.19. The van der Waals surface area contributed by atoms with Gasteiger partial charge in [-0.05, 0) is 72.2 Å². The number of likely N-dealkylation sites (tertiary alicyclic amines) is 1. The number of phenolic OH excluding ortho intramolecular Hbond substituents is 1. The topological polar surface area (TPSA) is 165 Å². The summed E-state index contributed by atoms with van der Waals surface area (Å²) in [5, 5.41) is 44.6. The number of halogens is 1. The minimum atomic E-state index is -2.72.